The molecule has 18 heavy (non-hydrogen) atoms. The molecule has 0 bridgehead atoms. The summed E-state index contributed by atoms with van der Waals surface area (Å²) in [6.45, 7) is 2.75. The number of aliphatic hydroxyl groups excluding tert-OH is 1. The number of hydrogen-bond acceptors (Lipinski definition) is 2. The van der Waals surface area contributed by atoms with E-state index in [2.05, 4.69) is 4.90 Å². The third kappa shape index (κ3) is 2.18. The summed E-state index contributed by atoms with van der Waals surface area (Å²) in [7, 11) is 0. The third-order valence-electron chi connectivity index (χ3n) is 5.22. The van der Waals surface area contributed by atoms with Gasteiger partial charge in [-0.25, -0.2) is 0 Å². The fourth-order valence-electron chi connectivity index (χ4n) is 4.31. The average molecular weight is 251 g/mol. The van der Waals surface area contributed by atoms with Crippen molar-refractivity contribution in [3.8, 4) is 0 Å². The normalized spacial score (nSPS) is 40.4. The van der Waals surface area contributed by atoms with Gasteiger partial charge in [-0.15, -0.1) is 0 Å². The molecule has 1 amide bonds. The Hall–Kier alpha value is -0.570. The molecule has 2 aliphatic carbocycles. The molecule has 1 heterocycles. The van der Waals surface area contributed by atoms with Crippen LogP contribution in [0.1, 0.15) is 51.9 Å². The number of carbonyl (C=O) groups excluding carboxylic acids is 1. The van der Waals surface area contributed by atoms with Crippen LogP contribution >= 0.6 is 0 Å². The molecule has 0 radical (unpaired) electrons. The molecule has 1 saturated heterocycles. The van der Waals surface area contributed by atoms with E-state index in [-0.39, 0.29) is 6.10 Å². The summed E-state index contributed by atoms with van der Waals surface area (Å²) in [6.07, 6.45) is 7.86. The van der Waals surface area contributed by atoms with Crippen LogP contribution in [-0.2, 0) is 4.79 Å². The van der Waals surface area contributed by atoms with E-state index in [1.165, 1.54) is 25.7 Å². The van der Waals surface area contributed by atoms with E-state index in [4.69, 9.17) is 0 Å². The SMILES string of the molecule is CC(O)CC1CCCN1C(=O)C1C2CCCCC21. The third-order valence-corrected chi connectivity index (χ3v) is 5.22. The highest BCUT2D eigenvalue weighted by molar-refractivity contribution is 5.83. The van der Waals surface area contributed by atoms with Gasteiger partial charge in [0.1, 0.15) is 0 Å². The maximum Gasteiger partial charge on any atom is 0.226 e. The van der Waals surface area contributed by atoms with E-state index in [0.29, 0.717) is 29.7 Å². The summed E-state index contributed by atoms with van der Waals surface area (Å²) in [5.74, 6) is 2.18. The van der Waals surface area contributed by atoms with Gasteiger partial charge in [-0.2, -0.15) is 0 Å². The lowest BCUT2D eigenvalue weighted by atomic mass is 10.0. The van der Waals surface area contributed by atoms with Crippen molar-refractivity contribution in [1.29, 1.82) is 0 Å². The Morgan fingerprint density at radius 3 is 2.50 bits per heavy atom. The summed E-state index contributed by atoms with van der Waals surface area (Å²) < 4.78 is 0. The molecule has 1 N–H and O–H groups in total. The quantitative estimate of drug-likeness (QED) is 0.835. The summed E-state index contributed by atoms with van der Waals surface area (Å²) in [5.41, 5.74) is 0. The molecule has 3 aliphatic rings. The maximum absolute atomic E-state index is 12.6. The van der Waals surface area contributed by atoms with Crippen LogP contribution in [0, 0.1) is 17.8 Å². The first-order valence-corrected chi connectivity index (χ1v) is 7.67. The van der Waals surface area contributed by atoms with Gasteiger partial charge in [-0.1, -0.05) is 12.8 Å². The smallest absolute Gasteiger partial charge is 0.226 e. The highest BCUT2D eigenvalue weighted by atomic mass is 16.3. The molecule has 3 rings (SSSR count). The zero-order valence-corrected chi connectivity index (χ0v) is 11.3. The van der Waals surface area contributed by atoms with Crippen LogP contribution in [0.25, 0.3) is 0 Å². The number of nitrogens with zero attached hydrogens (tertiary/aromatic N) is 1. The van der Waals surface area contributed by atoms with Crippen molar-refractivity contribution in [3.05, 3.63) is 0 Å². The molecular formula is C15H25NO2. The molecule has 3 heteroatoms. The number of carbonyl (C=O) groups is 1. The molecule has 2 saturated carbocycles. The van der Waals surface area contributed by atoms with Gasteiger partial charge in [0, 0.05) is 18.5 Å². The Bertz CT molecular complexity index is 316. The summed E-state index contributed by atoms with van der Waals surface area (Å²) in [6, 6.07) is 0.306. The zero-order chi connectivity index (χ0) is 12.7. The first kappa shape index (κ1) is 12.5. The van der Waals surface area contributed by atoms with Gasteiger partial charge in [0.25, 0.3) is 0 Å². The molecular weight excluding hydrogens is 226 g/mol. The topological polar surface area (TPSA) is 40.5 Å². The highest BCUT2D eigenvalue weighted by Crippen LogP contribution is 2.56. The number of amides is 1. The minimum absolute atomic E-state index is 0.287. The van der Waals surface area contributed by atoms with Gasteiger partial charge in [0.2, 0.25) is 5.91 Å². The molecule has 3 fully saturated rings. The fourth-order valence-corrected chi connectivity index (χ4v) is 4.31. The molecule has 0 aromatic heterocycles. The van der Waals surface area contributed by atoms with Crippen LogP contribution in [0.5, 0.6) is 0 Å². The second kappa shape index (κ2) is 4.84. The second-order valence-corrected chi connectivity index (χ2v) is 6.55. The molecule has 4 unspecified atom stereocenters. The number of hydrogen-bond donors (Lipinski definition) is 1. The van der Waals surface area contributed by atoms with E-state index >= 15 is 0 Å². The summed E-state index contributed by atoms with van der Waals surface area (Å²) in [5, 5.41) is 9.53. The number of fused-ring (bicyclic) bond motifs is 1. The molecule has 4 atom stereocenters. The van der Waals surface area contributed by atoms with Crippen molar-refractivity contribution in [2.75, 3.05) is 6.54 Å². The number of rotatable bonds is 3. The Morgan fingerprint density at radius 1 is 1.22 bits per heavy atom. The monoisotopic (exact) mass is 251 g/mol. The van der Waals surface area contributed by atoms with Crippen LogP contribution in [0.2, 0.25) is 0 Å². The van der Waals surface area contributed by atoms with Crippen LogP contribution in [-0.4, -0.2) is 34.6 Å². The van der Waals surface area contributed by atoms with Crippen molar-refractivity contribution >= 4 is 5.91 Å². The lowest BCUT2D eigenvalue weighted by Gasteiger charge is -2.26. The minimum Gasteiger partial charge on any atom is -0.393 e. The molecule has 102 valence electrons. The van der Waals surface area contributed by atoms with Crippen molar-refractivity contribution < 1.29 is 9.90 Å². The number of aliphatic hydroxyl groups is 1. The standard InChI is InChI=1S/C15H25NO2/c1-10(17)9-11-5-4-8-16(11)15(18)14-12-6-2-3-7-13(12)14/h10-14,17H,2-9H2,1H3. The molecule has 0 aromatic carbocycles. The lowest BCUT2D eigenvalue weighted by molar-refractivity contribution is -0.134. The zero-order valence-electron chi connectivity index (χ0n) is 11.3. The van der Waals surface area contributed by atoms with Crippen molar-refractivity contribution in [2.24, 2.45) is 17.8 Å². The number of likely N-dealkylation sites (tertiary alicyclic amines) is 1. The van der Waals surface area contributed by atoms with Gasteiger partial charge in [0.15, 0.2) is 0 Å². The van der Waals surface area contributed by atoms with E-state index in [0.717, 1.165) is 25.8 Å². The highest BCUT2D eigenvalue weighted by Gasteiger charge is 2.56. The predicted octanol–water partition coefficient (Wildman–Crippen LogP) is 2.18. The van der Waals surface area contributed by atoms with Gasteiger partial charge < -0.3 is 10.0 Å². The Kier molecular flexibility index (Phi) is 3.35. The Morgan fingerprint density at radius 2 is 1.89 bits per heavy atom. The Balaban J connectivity index is 1.62. The van der Waals surface area contributed by atoms with E-state index < -0.39 is 0 Å². The van der Waals surface area contributed by atoms with Crippen LogP contribution in [0.15, 0.2) is 0 Å². The molecule has 0 spiro atoms. The summed E-state index contributed by atoms with van der Waals surface area (Å²) in [4.78, 5) is 14.7. The average Bonchev–Trinajstić information content (AvgIpc) is 2.90. The Labute approximate surface area is 110 Å². The minimum atomic E-state index is -0.287. The first-order chi connectivity index (χ1) is 8.68. The molecule has 0 aromatic rings. The first-order valence-electron chi connectivity index (χ1n) is 7.67. The molecule has 1 aliphatic heterocycles. The van der Waals surface area contributed by atoms with Gasteiger partial charge in [0.05, 0.1) is 6.10 Å². The van der Waals surface area contributed by atoms with E-state index in [9.17, 15) is 9.90 Å². The largest absolute Gasteiger partial charge is 0.393 e. The molecule has 3 nitrogen and oxygen atoms in total. The van der Waals surface area contributed by atoms with Crippen molar-refractivity contribution in [2.45, 2.75) is 64.0 Å². The van der Waals surface area contributed by atoms with E-state index in [1.807, 2.05) is 6.92 Å². The van der Waals surface area contributed by atoms with Crippen molar-refractivity contribution in [1.82, 2.24) is 4.90 Å². The maximum atomic E-state index is 12.6. The van der Waals surface area contributed by atoms with Gasteiger partial charge in [-0.05, 0) is 50.9 Å². The fraction of sp³-hybridized carbons (Fsp3) is 0.933. The van der Waals surface area contributed by atoms with E-state index in [1.54, 1.807) is 0 Å². The van der Waals surface area contributed by atoms with Gasteiger partial charge >= 0.3 is 0 Å². The van der Waals surface area contributed by atoms with Crippen LogP contribution in [0.4, 0.5) is 0 Å². The second-order valence-electron chi connectivity index (χ2n) is 6.55. The lowest BCUT2D eigenvalue weighted by Crippen LogP contribution is -2.38. The van der Waals surface area contributed by atoms with Crippen LogP contribution in [0.3, 0.4) is 0 Å². The van der Waals surface area contributed by atoms with Crippen LogP contribution < -0.4 is 0 Å². The predicted molar refractivity (Wildman–Crippen MR) is 70.0 cm³/mol. The van der Waals surface area contributed by atoms with Crippen molar-refractivity contribution in [3.63, 3.8) is 0 Å². The summed E-state index contributed by atoms with van der Waals surface area (Å²) >= 11 is 0. The van der Waals surface area contributed by atoms with Gasteiger partial charge in [-0.3, -0.25) is 4.79 Å².